The molecule has 1 atom stereocenters. The Morgan fingerprint density at radius 3 is 2.22 bits per heavy atom. The average Bonchev–Trinajstić information content (AvgIpc) is 2.80. The van der Waals surface area contributed by atoms with Crippen LogP contribution in [0.2, 0.25) is 0 Å². The highest BCUT2D eigenvalue weighted by Crippen LogP contribution is 2.32. The predicted octanol–water partition coefficient (Wildman–Crippen LogP) is 4.56. The van der Waals surface area contributed by atoms with Gasteiger partial charge in [0.2, 0.25) is 0 Å². The van der Waals surface area contributed by atoms with Gasteiger partial charge in [-0.15, -0.1) is 0 Å². The summed E-state index contributed by atoms with van der Waals surface area (Å²) in [7, 11) is -4.58. The van der Waals surface area contributed by atoms with Gasteiger partial charge in [-0.3, -0.25) is 9.00 Å². The number of carboxylic acids is 1. The molecule has 192 valence electrons. The van der Waals surface area contributed by atoms with Gasteiger partial charge in [-0.25, -0.2) is 8.42 Å². The SMILES string of the molecule is Cc1cc(OCCCS(C)(=O)=O)cc(C)c1-c1cccc(COc2ccc([S@](=O)CC(=O)O)cc2)c1. The molecule has 0 amide bonds. The zero-order chi connectivity index (χ0) is 26.3. The van der Waals surface area contributed by atoms with Gasteiger partial charge in [-0.2, -0.15) is 0 Å². The fourth-order valence-corrected chi connectivity index (χ4v) is 5.31. The third-order valence-electron chi connectivity index (χ3n) is 5.40. The van der Waals surface area contributed by atoms with Crippen LogP contribution in [0.25, 0.3) is 11.1 Å². The van der Waals surface area contributed by atoms with Gasteiger partial charge in [0.05, 0.1) is 23.2 Å². The highest BCUT2D eigenvalue weighted by atomic mass is 32.2. The Hall–Kier alpha value is -3.17. The molecule has 0 aliphatic carbocycles. The first-order valence-corrected chi connectivity index (χ1v) is 14.7. The Bertz CT molecular complexity index is 1320. The standard InChI is InChI=1S/C27H30O7S2/c1-19-14-24(33-12-5-13-36(3,31)32)15-20(2)27(19)22-7-4-6-21(16-22)17-34-23-8-10-25(11-9-23)35(30)18-26(28)29/h4,6-11,14-16H,5,12-13,17-18H2,1-3H3,(H,28,29)/t35-/m1/s1. The van der Waals surface area contributed by atoms with Crippen LogP contribution in [-0.2, 0) is 32.0 Å². The first-order chi connectivity index (χ1) is 17.0. The quantitative estimate of drug-likeness (QED) is 0.342. The van der Waals surface area contributed by atoms with E-state index in [1.165, 1.54) is 6.26 Å². The molecule has 0 unspecified atom stereocenters. The highest BCUT2D eigenvalue weighted by Gasteiger charge is 2.11. The molecule has 0 spiro atoms. The van der Waals surface area contributed by atoms with Gasteiger partial charge in [-0.1, -0.05) is 18.2 Å². The molecule has 0 radical (unpaired) electrons. The van der Waals surface area contributed by atoms with E-state index in [9.17, 15) is 17.4 Å². The molecule has 1 N–H and O–H groups in total. The number of aliphatic carboxylic acids is 1. The summed E-state index contributed by atoms with van der Waals surface area (Å²) in [5.41, 5.74) is 5.23. The Kier molecular flexibility index (Phi) is 9.28. The van der Waals surface area contributed by atoms with Crippen LogP contribution in [-0.4, -0.2) is 48.1 Å². The summed E-state index contributed by atoms with van der Waals surface area (Å²) < 4.78 is 46.2. The van der Waals surface area contributed by atoms with Crippen molar-refractivity contribution in [1.29, 1.82) is 0 Å². The molecule has 0 bridgehead atoms. The average molecular weight is 531 g/mol. The number of rotatable bonds is 12. The first-order valence-electron chi connectivity index (χ1n) is 11.4. The lowest BCUT2D eigenvalue weighted by molar-refractivity contribution is -0.133. The van der Waals surface area contributed by atoms with Gasteiger partial charge >= 0.3 is 5.97 Å². The molecular formula is C27H30O7S2. The molecule has 0 saturated heterocycles. The number of benzene rings is 3. The molecule has 36 heavy (non-hydrogen) atoms. The minimum absolute atomic E-state index is 0.103. The molecule has 0 aliphatic rings. The van der Waals surface area contributed by atoms with Crippen molar-refractivity contribution in [2.24, 2.45) is 0 Å². The van der Waals surface area contributed by atoms with E-state index in [0.29, 0.717) is 30.3 Å². The van der Waals surface area contributed by atoms with Crippen LogP contribution in [0.15, 0.2) is 65.6 Å². The lowest BCUT2D eigenvalue weighted by Crippen LogP contribution is -2.09. The molecular weight excluding hydrogens is 500 g/mol. The number of hydrogen-bond acceptors (Lipinski definition) is 6. The number of carbonyl (C=O) groups is 1. The summed E-state index contributed by atoms with van der Waals surface area (Å²) in [5, 5.41) is 8.79. The van der Waals surface area contributed by atoms with Crippen molar-refractivity contribution in [2.45, 2.75) is 31.8 Å². The van der Waals surface area contributed by atoms with Gasteiger partial charge in [-0.05, 0) is 90.6 Å². The topological polar surface area (TPSA) is 107 Å². The highest BCUT2D eigenvalue weighted by molar-refractivity contribution is 7.90. The maximum Gasteiger partial charge on any atom is 0.316 e. The summed E-state index contributed by atoms with van der Waals surface area (Å²) >= 11 is 0. The summed E-state index contributed by atoms with van der Waals surface area (Å²) in [4.78, 5) is 11.2. The molecule has 3 aromatic carbocycles. The minimum Gasteiger partial charge on any atom is -0.494 e. The van der Waals surface area contributed by atoms with Crippen LogP contribution < -0.4 is 9.47 Å². The summed E-state index contributed by atoms with van der Waals surface area (Å²) in [6.07, 6.45) is 1.67. The zero-order valence-corrected chi connectivity index (χ0v) is 22.2. The van der Waals surface area contributed by atoms with Gasteiger partial charge in [0.1, 0.15) is 33.7 Å². The Morgan fingerprint density at radius 2 is 1.61 bits per heavy atom. The Morgan fingerprint density at radius 1 is 0.944 bits per heavy atom. The largest absolute Gasteiger partial charge is 0.494 e. The molecule has 0 fully saturated rings. The summed E-state index contributed by atoms with van der Waals surface area (Å²) in [6, 6.07) is 18.6. The minimum atomic E-state index is -3.00. The lowest BCUT2D eigenvalue weighted by atomic mass is 9.94. The Labute approximate surface area is 214 Å². The normalized spacial score (nSPS) is 12.2. The van der Waals surface area contributed by atoms with Crippen LogP contribution in [0.4, 0.5) is 0 Å². The van der Waals surface area contributed by atoms with Crippen LogP contribution in [0.5, 0.6) is 11.5 Å². The van der Waals surface area contributed by atoms with E-state index in [1.54, 1.807) is 24.3 Å². The molecule has 3 rings (SSSR count). The molecule has 7 nitrogen and oxygen atoms in total. The molecule has 0 aromatic heterocycles. The molecule has 0 heterocycles. The predicted molar refractivity (Wildman–Crippen MR) is 141 cm³/mol. The van der Waals surface area contributed by atoms with Gasteiger partial charge in [0.15, 0.2) is 0 Å². The van der Waals surface area contributed by atoms with Gasteiger partial charge in [0.25, 0.3) is 0 Å². The first kappa shape index (κ1) is 27.4. The van der Waals surface area contributed by atoms with Gasteiger partial charge in [0, 0.05) is 11.2 Å². The number of ether oxygens (including phenoxy) is 2. The number of carboxylic acid groups (broad SMARTS) is 1. The van der Waals surface area contributed by atoms with E-state index in [0.717, 1.165) is 33.6 Å². The van der Waals surface area contributed by atoms with E-state index in [2.05, 4.69) is 6.07 Å². The maximum absolute atomic E-state index is 12.0. The third kappa shape index (κ3) is 8.20. The summed E-state index contributed by atoms with van der Waals surface area (Å²) in [5.74, 6) is -0.115. The van der Waals surface area contributed by atoms with Crippen molar-refractivity contribution in [3.05, 3.63) is 77.4 Å². The fourth-order valence-electron chi connectivity index (χ4n) is 3.84. The van der Waals surface area contributed by atoms with Crippen molar-refractivity contribution < 1.29 is 32.0 Å². The smallest absolute Gasteiger partial charge is 0.316 e. The van der Waals surface area contributed by atoms with Crippen molar-refractivity contribution in [1.82, 2.24) is 0 Å². The molecule has 3 aromatic rings. The van der Waals surface area contributed by atoms with Crippen LogP contribution in [0.1, 0.15) is 23.1 Å². The molecule has 0 aliphatic heterocycles. The second-order valence-corrected chi connectivity index (χ2v) is 12.3. The van der Waals surface area contributed by atoms with Gasteiger partial charge < -0.3 is 14.6 Å². The second-order valence-electron chi connectivity index (χ2n) is 8.61. The summed E-state index contributed by atoms with van der Waals surface area (Å²) in [6.45, 7) is 4.72. The van der Waals surface area contributed by atoms with Crippen molar-refractivity contribution in [3.8, 4) is 22.6 Å². The monoisotopic (exact) mass is 530 g/mol. The van der Waals surface area contributed by atoms with E-state index in [-0.39, 0.29) is 5.75 Å². The van der Waals surface area contributed by atoms with Crippen LogP contribution >= 0.6 is 0 Å². The van der Waals surface area contributed by atoms with E-state index >= 15 is 0 Å². The lowest BCUT2D eigenvalue weighted by Gasteiger charge is -2.15. The number of aryl methyl sites for hydroxylation is 2. The third-order valence-corrected chi connectivity index (χ3v) is 7.73. The fraction of sp³-hybridized carbons (Fsp3) is 0.296. The van der Waals surface area contributed by atoms with Crippen molar-refractivity contribution in [2.75, 3.05) is 24.4 Å². The maximum atomic E-state index is 12.0. The van der Waals surface area contributed by atoms with E-state index in [4.69, 9.17) is 14.6 Å². The number of hydrogen-bond donors (Lipinski definition) is 1. The van der Waals surface area contributed by atoms with Crippen LogP contribution in [0, 0.1) is 13.8 Å². The van der Waals surface area contributed by atoms with E-state index < -0.39 is 32.4 Å². The molecule has 9 heteroatoms. The van der Waals surface area contributed by atoms with Crippen LogP contribution in [0.3, 0.4) is 0 Å². The molecule has 0 saturated carbocycles. The van der Waals surface area contributed by atoms with E-state index in [1.807, 2.05) is 44.2 Å². The van der Waals surface area contributed by atoms with Crippen molar-refractivity contribution in [3.63, 3.8) is 0 Å². The number of sulfone groups is 1. The second kappa shape index (κ2) is 12.2. The van der Waals surface area contributed by atoms with Crippen molar-refractivity contribution >= 4 is 26.6 Å². The zero-order valence-electron chi connectivity index (χ0n) is 20.5. The Balaban J connectivity index is 1.66.